The van der Waals surface area contributed by atoms with E-state index in [1.165, 1.54) is 24.3 Å². The molecule has 1 spiro atoms. The van der Waals surface area contributed by atoms with Crippen molar-refractivity contribution in [2.24, 2.45) is 11.8 Å². The standard InChI is InChI=1S/C58H65ClF3N4O10P/c1-39(36-73-50-24-31-63-49-19-10-12-40(2)53(49)50)32-44-33-43-20-21-47(35-48(43)56(44)25-27-57(28-26-56,55(70)72-3)66(54(69)58(60,61)62)46-18-11-17-45(59)34-46)76-77(71,74-37-51(67)64-29-22-41-13-6-4-7-14-41)75-38-52(68)65-30-23-42-15-8-5-9-16-42/h4-9,11,13-18,20-21,24,31,34-35,39-40,44H,10,12,19,22-23,25-30,32-33,36-38H2,1-3H3,(H,64,67)(H,65,68)/t39-,40-,44+,56?,57?/m1/s1. The number of alkyl halides is 3. The second kappa shape index (κ2) is 25.0. The van der Waals surface area contributed by atoms with Gasteiger partial charge in [-0.1, -0.05) is 98.2 Å². The summed E-state index contributed by atoms with van der Waals surface area (Å²) in [6, 6.07) is 31.3. The average molecular weight is 1100 g/mol. The Balaban J connectivity index is 1.08. The fraction of sp³-hybridized carbons (Fsp3) is 0.431. The Morgan fingerprint density at radius 3 is 2.08 bits per heavy atom. The molecule has 3 amide bonds. The normalized spacial score (nSPS) is 20.3. The number of benzene rings is 4. The highest BCUT2D eigenvalue weighted by molar-refractivity contribution is 7.49. The van der Waals surface area contributed by atoms with Crippen LogP contribution < -0.4 is 24.8 Å². The first-order valence-electron chi connectivity index (χ1n) is 26.1. The quantitative estimate of drug-likeness (QED) is 0.0499. The number of rotatable bonds is 22. The van der Waals surface area contributed by atoms with Gasteiger partial charge in [0.15, 0.2) is 0 Å². The Morgan fingerprint density at radius 1 is 0.844 bits per heavy atom. The highest BCUT2D eigenvalue weighted by Gasteiger charge is 2.60. The van der Waals surface area contributed by atoms with Crippen molar-refractivity contribution in [1.82, 2.24) is 15.6 Å². The molecular formula is C58H65ClF3N4O10P. The fourth-order valence-corrected chi connectivity index (χ4v) is 12.8. The molecule has 0 unspecified atom stereocenters. The highest BCUT2D eigenvalue weighted by atomic mass is 35.5. The van der Waals surface area contributed by atoms with Gasteiger partial charge in [0.1, 0.15) is 30.3 Å². The molecule has 19 heteroatoms. The van der Waals surface area contributed by atoms with Crippen LogP contribution in [0.4, 0.5) is 18.9 Å². The molecule has 0 bridgehead atoms. The van der Waals surface area contributed by atoms with Crippen LogP contribution in [0, 0.1) is 11.8 Å². The summed E-state index contributed by atoms with van der Waals surface area (Å²) < 4.78 is 88.1. The van der Waals surface area contributed by atoms with Crippen LogP contribution in [0.2, 0.25) is 5.02 Å². The number of nitrogens with one attached hydrogen (secondary N) is 2. The Labute approximate surface area is 452 Å². The Kier molecular flexibility index (Phi) is 18.5. The molecule has 410 valence electrons. The number of carbonyl (C=O) groups is 4. The van der Waals surface area contributed by atoms with E-state index in [9.17, 15) is 36.9 Å². The summed E-state index contributed by atoms with van der Waals surface area (Å²) in [5.41, 5.74) is 2.56. The highest BCUT2D eigenvalue weighted by Crippen LogP contribution is 2.59. The van der Waals surface area contributed by atoms with Crippen molar-refractivity contribution in [2.45, 2.75) is 108 Å². The third kappa shape index (κ3) is 13.7. The van der Waals surface area contributed by atoms with Crippen molar-refractivity contribution in [1.29, 1.82) is 0 Å². The van der Waals surface area contributed by atoms with E-state index >= 15 is 0 Å². The molecule has 77 heavy (non-hydrogen) atoms. The number of phosphoric acid groups is 1. The van der Waals surface area contributed by atoms with Crippen LogP contribution >= 0.6 is 19.4 Å². The molecule has 1 aromatic heterocycles. The van der Waals surface area contributed by atoms with Crippen molar-refractivity contribution in [3.8, 4) is 11.5 Å². The molecule has 2 N–H and O–H groups in total. The van der Waals surface area contributed by atoms with Crippen molar-refractivity contribution in [3.63, 3.8) is 0 Å². The molecule has 14 nitrogen and oxygen atoms in total. The maximum atomic E-state index is 14.7. The molecule has 0 aliphatic heterocycles. The van der Waals surface area contributed by atoms with Gasteiger partial charge in [-0.2, -0.15) is 13.2 Å². The van der Waals surface area contributed by atoms with Gasteiger partial charge in [-0.3, -0.25) is 33.3 Å². The lowest BCUT2D eigenvalue weighted by Gasteiger charge is -2.51. The number of esters is 1. The minimum absolute atomic E-state index is 0.00616. The summed E-state index contributed by atoms with van der Waals surface area (Å²) in [7, 11) is -3.70. The van der Waals surface area contributed by atoms with Gasteiger partial charge in [-0.05, 0) is 152 Å². The Bertz CT molecular complexity index is 2860. The predicted molar refractivity (Wildman–Crippen MR) is 285 cm³/mol. The number of phosphoric ester groups is 1. The Hall–Kier alpha value is -6.26. The van der Waals surface area contributed by atoms with E-state index in [1.807, 2.05) is 72.8 Å². The van der Waals surface area contributed by atoms with E-state index in [2.05, 4.69) is 29.5 Å². The van der Waals surface area contributed by atoms with Crippen molar-refractivity contribution in [3.05, 3.63) is 154 Å². The molecule has 3 aliphatic rings. The zero-order valence-corrected chi connectivity index (χ0v) is 45.1. The van der Waals surface area contributed by atoms with Crippen LogP contribution in [0.1, 0.15) is 98.2 Å². The number of halogens is 4. The van der Waals surface area contributed by atoms with Crippen molar-refractivity contribution in [2.75, 3.05) is 44.9 Å². The monoisotopic (exact) mass is 1100 g/mol. The van der Waals surface area contributed by atoms with Gasteiger partial charge in [0.2, 0.25) is 11.8 Å². The van der Waals surface area contributed by atoms with Crippen LogP contribution in [-0.4, -0.2) is 80.4 Å². The largest absolute Gasteiger partial charge is 0.531 e. The third-order valence-electron chi connectivity index (χ3n) is 15.2. The lowest BCUT2D eigenvalue weighted by atomic mass is 9.59. The zero-order valence-electron chi connectivity index (χ0n) is 43.5. The number of carbonyl (C=O) groups excluding carboxylic acids is 4. The summed E-state index contributed by atoms with van der Waals surface area (Å²) in [4.78, 5) is 59.2. The van der Waals surface area contributed by atoms with Gasteiger partial charge < -0.3 is 24.6 Å². The van der Waals surface area contributed by atoms with E-state index in [0.717, 1.165) is 65.6 Å². The number of fused-ring (bicyclic) bond motifs is 3. The summed E-state index contributed by atoms with van der Waals surface area (Å²) in [5, 5.41) is 5.55. The Morgan fingerprint density at radius 2 is 1.48 bits per heavy atom. The number of hydrogen-bond acceptors (Lipinski definition) is 11. The number of methoxy groups -OCH3 is 1. The molecule has 3 atom stereocenters. The second-order valence-corrected chi connectivity index (χ2v) is 22.4. The van der Waals surface area contributed by atoms with Crippen LogP contribution in [0.5, 0.6) is 11.5 Å². The number of ether oxygens (including phenoxy) is 2. The number of anilines is 1. The minimum Gasteiger partial charge on any atom is -0.493 e. The lowest BCUT2D eigenvalue weighted by molar-refractivity contribution is -0.174. The first kappa shape index (κ1) is 56.9. The van der Waals surface area contributed by atoms with Gasteiger partial charge >= 0.3 is 25.9 Å². The van der Waals surface area contributed by atoms with E-state index in [4.69, 9.17) is 34.6 Å². The predicted octanol–water partition coefficient (Wildman–Crippen LogP) is 11.0. The number of pyridine rings is 1. The first-order chi connectivity index (χ1) is 36.9. The van der Waals surface area contributed by atoms with Gasteiger partial charge in [0, 0.05) is 41.3 Å². The molecule has 1 fully saturated rings. The summed E-state index contributed by atoms with van der Waals surface area (Å²) in [6.45, 7) is 3.63. The SMILES string of the molecule is COC(=O)C1(N(C(=O)C(F)(F)F)c2cccc(Cl)c2)CCC2(CC1)c1cc(OP(=O)(OCC(=O)NCCc3ccccc3)OCC(=O)NCCc3ccccc3)ccc1C[C@@H]2C[C@@H](C)COc1ccnc2c1[C@H](C)CCC2. The number of aromatic nitrogens is 1. The van der Waals surface area contributed by atoms with E-state index in [0.29, 0.717) is 37.2 Å². The molecule has 5 aromatic rings. The smallest absolute Gasteiger partial charge is 0.493 e. The maximum absolute atomic E-state index is 14.7. The number of aryl methyl sites for hydroxylation is 1. The van der Waals surface area contributed by atoms with Crippen LogP contribution in [0.3, 0.4) is 0 Å². The fourth-order valence-electron chi connectivity index (χ4n) is 11.5. The minimum atomic E-state index is -5.38. The van der Waals surface area contributed by atoms with Crippen molar-refractivity contribution < 1.29 is 60.0 Å². The molecular weight excluding hydrogens is 1040 g/mol. The number of nitrogens with zero attached hydrogens (tertiary/aromatic N) is 2. The summed E-state index contributed by atoms with van der Waals surface area (Å²) >= 11 is 6.31. The van der Waals surface area contributed by atoms with Gasteiger partial charge in [0.25, 0.3) is 0 Å². The lowest BCUT2D eigenvalue weighted by Crippen LogP contribution is -2.63. The molecule has 1 heterocycles. The van der Waals surface area contributed by atoms with Crippen LogP contribution in [0.25, 0.3) is 0 Å². The molecule has 4 aromatic carbocycles. The first-order valence-corrected chi connectivity index (χ1v) is 27.9. The maximum Gasteiger partial charge on any atom is 0.531 e. The number of amides is 3. The van der Waals surface area contributed by atoms with Gasteiger partial charge in [-0.15, -0.1) is 0 Å². The number of hydrogen-bond donors (Lipinski definition) is 2. The third-order valence-corrected chi connectivity index (χ3v) is 16.8. The topological polar surface area (TPSA) is 172 Å². The molecule has 0 radical (unpaired) electrons. The molecule has 1 saturated carbocycles. The average Bonchev–Trinajstić information content (AvgIpc) is 3.93. The van der Waals surface area contributed by atoms with E-state index < -0.39 is 61.9 Å². The molecule has 3 aliphatic carbocycles. The summed E-state index contributed by atoms with van der Waals surface area (Å²) in [6.07, 6.45) is 1.20. The van der Waals surface area contributed by atoms with Crippen LogP contribution in [-0.2, 0) is 68.6 Å². The van der Waals surface area contributed by atoms with Crippen molar-refractivity contribution >= 4 is 48.8 Å². The second-order valence-electron chi connectivity index (χ2n) is 20.4. The molecule has 8 rings (SSSR count). The van der Waals surface area contributed by atoms with Crippen LogP contribution in [0.15, 0.2) is 115 Å². The van der Waals surface area contributed by atoms with E-state index in [1.54, 1.807) is 18.3 Å². The summed E-state index contributed by atoms with van der Waals surface area (Å²) in [5.74, 6) is -3.63. The molecule has 0 saturated heterocycles. The van der Waals surface area contributed by atoms with Gasteiger partial charge in [0.05, 0.1) is 13.7 Å². The van der Waals surface area contributed by atoms with Gasteiger partial charge in [-0.25, -0.2) is 9.36 Å². The van der Waals surface area contributed by atoms with E-state index in [-0.39, 0.29) is 73.0 Å². The zero-order chi connectivity index (χ0) is 54.8.